The lowest BCUT2D eigenvalue weighted by atomic mass is 9.79. The van der Waals surface area contributed by atoms with Gasteiger partial charge in [-0.05, 0) is 49.0 Å². The molecule has 130 valence electrons. The fourth-order valence-electron chi connectivity index (χ4n) is 3.44. The van der Waals surface area contributed by atoms with Crippen LogP contribution in [0.1, 0.15) is 37.3 Å². The zero-order valence-corrected chi connectivity index (χ0v) is 12.9. The number of aliphatic hydroxyl groups excluding tert-OH is 1. The quantitative estimate of drug-likeness (QED) is 0.767. The van der Waals surface area contributed by atoms with Crippen LogP contribution in [0.2, 0.25) is 0 Å². The summed E-state index contributed by atoms with van der Waals surface area (Å²) in [5.74, 6) is -1.08. The van der Waals surface area contributed by atoms with Crippen molar-refractivity contribution in [3.05, 3.63) is 41.7 Å². The summed E-state index contributed by atoms with van der Waals surface area (Å²) in [5.41, 5.74) is 1.11. The second kappa shape index (κ2) is 6.47. The Kier molecular flexibility index (Phi) is 4.54. The van der Waals surface area contributed by atoms with Gasteiger partial charge in [0, 0.05) is 24.2 Å². The number of anilines is 1. The smallest absolute Gasteiger partial charge is 0.471 e. The molecule has 24 heavy (non-hydrogen) atoms. The maximum absolute atomic E-state index is 12.2. The minimum atomic E-state index is -4.89. The highest BCUT2D eigenvalue weighted by Crippen LogP contribution is 2.36. The van der Waals surface area contributed by atoms with Gasteiger partial charge in [0.25, 0.3) is 0 Å². The van der Waals surface area contributed by atoms with Crippen molar-refractivity contribution in [2.75, 3.05) is 5.32 Å². The molecule has 0 saturated carbocycles. The van der Waals surface area contributed by atoms with Crippen molar-refractivity contribution in [2.24, 2.45) is 5.92 Å². The Hall–Kier alpha value is -2.02. The molecule has 3 N–H and O–H groups in total. The van der Waals surface area contributed by atoms with Gasteiger partial charge in [-0.25, -0.2) is 0 Å². The number of nitrogens with one attached hydrogen (secondary N) is 2. The van der Waals surface area contributed by atoms with E-state index >= 15 is 0 Å². The number of fused-ring (bicyclic) bond motifs is 1. The van der Waals surface area contributed by atoms with Crippen LogP contribution in [0, 0.1) is 5.92 Å². The molecule has 4 nitrogen and oxygen atoms in total. The maximum atomic E-state index is 12.2. The number of hydrogen-bond acceptors (Lipinski definition) is 3. The maximum Gasteiger partial charge on any atom is 0.471 e. The van der Waals surface area contributed by atoms with Gasteiger partial charge in [-0.15, -0.1) is 0 Å². The third-order valence-corrected chi connectivity index (χ3v) is 4.72. The Morgan fingerprint density at radius 3 is 2.58 bits per heavy atom. The number of carbonyl (C=O) groups excluding carboxylic acids is 1. The highest BCUT2D eigenvalue weighted by atomic mass is 19.4. The summed E-state index contributed by atoms with van der Waals surface area (Å²) < 4.78 is 36.7. The first-order valence-corrected chi connectivity index (χ1v) is 7.95. The number of halogens is 3. The second-order valence-corrected chi connectivity index (χ2v) is 6.37. The summed E-state index contributed by atoms with van der Waals surface area (Å²) in [6.07, 6.45) is 0.333. The van der Waals surface area contributed by atoms with Crippen LogP contribution in [0.15, 0.2) is 36.1 Å². The molecule has 0 spiro atoms. The standard InChI is InChI=1S/C17H19F3N2O2/c18-17(19,20)16(24)21-12-4-1-10(2-5-12)14-7-3-11-9-13(23)6-8-15(11)22-14/h1-2,4-6,11,14-15,22-23H,3,7-9H2,(H,21,24). The monoisotopic (exact) mass is 340 g/mol. The predicted molar refractivity (Wildman–Crippen MR) is 83.5 cm³/mol. The van der Waals surface area contributed by atoms with Crippen LogP contribution in [0.5, 0.6) is 0 Å². The highest BCUT2D eigenvalue weighted by molar-refractivity contribution is 5.94. The van der Waals surface area contributed by atoms with Crippen LogP contribution in [-0.2, 0) is 4.79 Å². The summed E-state index contributed by atoms with van der Waals surface area (Å²) in [7, 11) is 0. The van der Waals surface area contributed by atoms with E-state index in [1.807, 2.05) is 11.4 Å². The van der Waals surface area contributed by atoms with Crippen molar-refractivity contribution < 1.29 is 23.1 Å². The Labute approximate surface area is 137 Å². The van der Waals surface area contributed by atoms with E-state index in [0.717, 1.165) is 24.8 Å². The van der Waals surface area contributed by atoms with Crippen molar-refractivity contribution in [3.63, 3.8) is 0 Å². The Bertz CT molecular complexity index is 640. The summed E-state index contributed by atoms with van der Waals surface area (Å²) in [5, 5.41) is 15.0. The van der Waals surface area contributed by atoms with Crippen LogP contribution >= 0.6 is 0 Å². The zero-order valence-electron chi connectivity index (χ0n) is 12.9. The van der Waals surface area contributed by atoms with Crippen LogP contribution in [0.4, 0.5) is 18.9 Å². The first kappa shape index (κ1) is 16.8. The molecule has 3 rings (SSSR count). The number of allylic oxidation sites excluding steroid dienone is 1. The Balaban J connectivity index is 1.63. The molecule has 1 aromatic carbocycles. The lowest BCUT2D eigenvalue weighted by Crippen LogP contribution is -2.44. The number of carbonyl (C=O) groups is 1. The molecule has 1 aliphatic heterocycles. The van der Waals surface area contributed by atoms with E-state index in [2.05, 4.69) is 5.32 Å². The summed E-state index contributed by atoms with van der Waals surface area (Å²) in [6, 6.07) is 6.88. The minimum absolute atomic E-state index is 0.125. The average molecular weight is 340 g/mol. The van der Waals surface area contributed by atoms with Crippen LogP contribution in [0.3, 0.4) is 0 Å². The van der Waals surface area contributed by atoms with E-state index in [1.165, 1.54) is 12.1 Å². The minimum Gasteiger partial charge on any atom is -0.513 e. The molecule has 3 unspecified atom stereocenters. The molecule has 1 amide bonds. The highest BCUT2D eigenvalue weighted by Gasteiger charge is 2.38. The lowest BCUT2D eigenvalue weighted by Gasteiger charge is -2.39. The summed E-state index contributed by atoms with van der Waals surface area (Å²) in [4.78, 5) is 10.9. The summed E-state index contributed by atoms with van der Waals surface area (Å²) in [6.45, 7) is 0. The molecule has 1 heterocycles. The topological polar surface area (TPSA) is 61.4 Å². The van der Waals surface area contributed by atoms with Crippen molar-refractivity contribution in [3.8, 4) is 0 Å². The third-order valence-electron chi connectivity index (χ3n) is 4.72. The lowest BCUT2D eigenvalue weighted by molar-refractivity contribution is -0.167. The number of amides is 1. The molecule has 0 radical (unpaired) electrons. The van der Waals surface area contributed by atoms with Gasteiger partial charge in [-0.1, -0.05) is 12.1 Å². The molecular weight excluding hydrogens is 321 g/mol. The van der Waals surface area contributed by atoms with Gasteiger partial charge >= 0.3 is 12.1 Å². The summed E-state index contributed by atoms with van der Waals surface area (Å²) >= 11 is 0. The third kappa shape index (κ3) is 3.72. The fraction of sp³-hybridized carbons (Fsp3) is 0.471. The normalized spacial score (nSPS) is 27.1. The van der Waals surface area contributed by atoms with Crippen LogP contribution in [0.25, 0.3) is 0 Å². The predicted octanol–water partition coefficient (Wildman–Crippen LogP) is 3.83. The van der Waals surface area contributed by atoms with E-state index in [4.69, 9.17) is 0 Å². The van der Waals surface area contributed by atoms with E-state index in [1.54, 1.807) is 12.1 Å². The number of alkyl halides is 3. The molecule has 0 bridgehead atoms. The zero-order chi connectivity index (χ0) is 17.3. The Morgan fingerprint density at radius 2 is 1.92 bits per heavy atom. The van der Waals surface area contributed by atoms with E-state index in [-0.39, 0.29) is 11.7 Å². The van der Waals surface area contributed by atoms with E-state index < -0.39 is 12.1 Å². The van der Waals surface area contributed by atoms with E-state index in [0.29, 0.717) is 24.1 Å². The first-order valence-electron chi connectivity index (χ1n) is 7.95. The van der Waals surface area contributed by atoms with Gasteiger partial charge in [-0.3, -0.25) is 4.79 Å². The SMILES string of the molecule is O=C(Nc1ccc(C2CCC3CC(O)=CCC3N2)cc1)C(F)(F)F. The van der Waals surface area contributed by atoms with Gasteiger partial charge in [-0.2, -0.15) is 13.2 Å². The molecule has 1 aliphatic carbocycles. The van der Waals surface area contributed by atoms with Gasteiger partial charge in [0.15, 0.2) is 0 Å². The van der Waals surface area contributed by atoms with E-state index in [9.17, 15) is 23.1 Å². The molecule has 2 aliphatic rings. The van der Waals surface area contributed by atoms with Gasteiger partial charge in [0.05, 0.1) is 5.76 Å². The number of benzene rings is 1. The van der Waals surface area contributed by atoms with Crippen molar-refractivity contribution in [1.29, 1.82) is 0 Å². The van der Waals surface area contributed by atoms with Gasteiger partial charge in [0.1, 0.15) is 0 Å². The Morgan fingerprint density at radius 1 is 1.21 bits per heavy atom. The molecule has 1 saturated heterocycles. The fourth-order valence-corrected chi connectivity index (χ4v) is 3.44. The van der Waals surface area contributed by atoms with Gasteiger partial charge in [0.2, 0.25) is 0 Å². The number of hydrogen-bond donors (Lipinski definition) is 3. The molecule has 3 atom stereocenters. The molecule has 1 fully saturated rings. The first-order chi connectivity index (χ1) is 11.3. The van der Waals surface area contributed by atoms with Crippen molar-refractivity contribution >= 4 is 11.6 Å². The average Bonchev–Trinajstić information content (AvgIpc) is 2.54. The van der Waals surface area contributed by atoms with Crippen LogP contribution in [-0.4, -0.2) is 23.2 Å². The molecule has 1 aromatic rings. The van der Waals surface area contributed by atoms with Crippen LogP contribution < -0.4 is 10.6 Å². The second-order valence-electron chi connectivity index (χ2n) is 6.37. The van der Waals surface area contributed by atoms with Crippen molar-refractivity contribution in [1.82, 2.24) is 5.32 Å². The largest absolute Gasteiger partial charge is 0.513 e. The molecule has 7 heteroatoms. The van der Waals surface area contributed by atoms with Crippen molar-refractivity contribution in [2.45, 2.75) is 43.9 Å². The number of piperidine rings is 1. The van der Waals surface area contributed by atoms with Gasteiger partial charge < -0.3 is 15.7 Å². The molecule has 0 aromatic heterocycles. The number of rotatable bonds is 2. The number of aliphatic hydroxyl groups is 1. The molecular formula is C17H19F3N2O2.